The topological polar surface area (TPSA) is 84.7 Å². The summed E-state index contributed by atoms with van der Waals surface area (Å²) < 4.78 is 5.68. The maximum Gasteiger partial charge on any atom is 0.314 e. The maximum atomic E-state index is 12.3. The molecule has 1 aliphatic heterocycles. The predicted octanol–water partition coefficient (Wildman–Crippen LogP) is 1.92. The van der Waals surface area contributed by atoms with Crippen LogP contribution in [0.1, 0.15) is 32.3 Å². The molecule has 132 valence electrons. The number of nitrogens with one attached hydrogen (secondary N) is 1. The quantitative estimate of drug-likeness (QED) is 0.834. The maximum absolute atomic E-state index is 12.3. The molecule has 6 nitrogen and oxygen atoms in total. The first kappa shape index (κ1) is 18.1. The van der Waals surface area contributed by atoms with Gasteiger partial charge in [-0.3, -0.25) is 4.79 Å². The van der Waals surface area contributed by atoms with Crippen LogP contribution in [0.4, 0.5) is 4.79 Å². The Bertz CT molecular complexity index is 574. The molecule has 0 aliphatic carbocycles. The number of likely N-dealkylation sites (tertiary alicyclic amines) is 1. The van der Waals surface area contributed by atoms with E-state index in [-0.39, 0.29) is 17.9 Å². The van der Waals surface area contributed by atoms with Crippen LogP contribution in [0.2, 0.25) is 0 Å². The molecule has 3 N–H and O–H groups in total. The van der Waals surface area contributed by atoms with Crippen molar-refractivity contribution in [1.82, 2.24) is 10.2 Å². The summed E-state index contributed by atoms with van der Waals surface area (Å²) in [5, 5.41) is 2.96. The van der Waals surface area contributed by atoms with E-state index in [4.69, 9.17) is 10.5 Å². The number of nitrogens with two attached hydrogens (primary N) is 1. The Morgan fingerprint density at radius 1 is 1.42 bits per heavy atom. The Balaban J connectivity index is 1.79. The lowest BCUT2D eigenvalue weighted by molar-refractivity contribution is -0.126. The molecule has 1 aromatic rings. The number of ether oxygens (including phenoxy) is 1. The van der Waals surface area contributed by atoms with Gasteiger partial charge in [-0.1, -0.05) is 12.1 Å². The molecule has 1 aliphatic rings. The molecular formula is C18H27N3O3. The highest BCUT2D eigenvalue weighted by molar-refractivity contribution is 5.80. The molecule has 1 aromatic carbocycles. The third-order valence-corrected chi connectivity index (χ3v) is 4.09. The molecule has 6 heteroatoms. The number of nitrogens with zero attached hydrogens (tertiary/aromatic N) is 1. The smallest absolute Gasteiger partial charge is 0.314 e. The van der Waals surface area contributed by atoms with Gasteiger partial charge in [0.15, 0.2) is 0 Å². The van der Waals surface area contributed by atoms with Crippen LogP contribution in [0.3, 0.4) is 0 Å². The van der Waals surface area contributed by atoms with Gasteiger partial charge in [-0.25, -0.2) is 4.79 Å². The summed E-state index contributed by atoms with van der Waals surface area (Å²) in [6.45, 7) is 5.61. The van der Waals surface area contributed by atoms with Gasteiger partial charge < -0.3 is 20.7 Å². The molecule has 1 unspecified atom stereocenters. The normalized spacial score (nSPS) is 17.6. The second kappa shape index (κ2) is 8.57. The van der Waals surface area contributed by atoms with Gasteiger partial charge in [-0.15, -0.1) is 0 Å². The van der Waals surface area contributed by atoms with Gasteiger partial charge in [0.1, 0.15) is 5.75 Å². The van der Waals surface area contributed by atoms with E-state index in [0.29, 0.717) is 19.6 Å². The second-order valence-corrected chi connectivity index (χ2v) is 6.48. The van der Waals surface area contributed by atoms with Gasteiger partial charge in [0, 0.05) is 19.6 Å². The van der Waals surface area contributed by atoms with Gasteiger partial charge in [-0.2, -0.15) is 0 Å². The van der Waals surface area contributed by atoms with E-state index >= 15 is 0 Å². The van der Waals surface area contributed by atoms with E-state index < -0.39 is 6.03 Å². The standard InChI is InChI=1S/C18H27N3O3/c1-13(2)24-16-7-3-5-14(11-16)8-9-20-17(22)15-6-4-10-21(12-15)18(19)23/h3,5,7,11,13,15H,4,6,8-10,12H2,1-2H3,(H2,19,23)(H,20,22). The predicted molar refractivity (Wildman–Crippen MR) is 92.8 cm³/mol. The molecule has 1 atom stereocenters. The number of primary amides is 1. The van der Waals surface area contributed by atoms with Crippen molar-refractivity contribution in [2.24, 2.45) is 11.7 Å². The van der Waals surface area contributed by atoms with Crippen molar-refractivity contribution in [2.75, 3.05) is 19.6 Å². The number of carbonyl (C=O) groups is 2. The van der Waals surface area contributed by atoms with E-state index in [0.717, 1.165) is 30.6 Å². The Kier molecular flexibility index (Phi) is 6.46. The van der Waals surface area contributed by atoms with Crippen molar-refractivity contribution in [3.8, 4) is 5.75 Å². The minimum atomic E-state index is -0.450. The van der Waals surface area contributed by atoms with Crippen molar-refractivity contribution in [3.05, 3.63) is 29.8 Å². The van der Waals surface area contributed by atoms with E-state index in [2.05, 4.69) is 5.32 Å². The van der Waals surface area contributed by atoms with Crippen LogP contribution in [-0.4, -0.2) is 42.6 Å². The summed E-state index contributed by atoms with van der Waals surface area (Å²) in [6.07, 6.45) is 2.50. The van der Waals surface area contributed by atoms with Crippen molar-refractivity contribution in [1.29, 1.82) is 0 Å². The molecule has 0 aromatic heterocycles. The van der Waals surface area contributed by atoms with E-state index in [1.807, 2.05) is 38.1 Å². The summed E-state index contributed by atoms with van der Waals surface area (Å²) in [5.74, 6) is 0.676. The molecule has 0 saturated carbocycles. The molecule has 3 amide bonds. The Labute approximate surface area is 143 Å². The number of piperidine rings is 1. The number of hydrogen-bond donors (Lipinski definition) is 2. The first-order valence-electron chi connectivity index (χ1n) is 8.53. The van der Waals surface area contributed by atoms with Crippen LogP contribution >= 0.6 is 0 Å². The highest BCUT2D eigenvalue weighted by Crippen LogP contribution is 2.17. The summed E-state index contributed by atoms with van der Waals surface area (Å²) >= 11 is 0. The zero-order valence-electron chi connectivity index (χ0n) is 14.5. The number of hydrogen-bond acceptors (Lipinski definition) is 3. The number of urea groups is 1. The number of amides is 3. The molecule has 0 radical (unpaired) electrons. The summed E-state index contributed by atoms with van der Waals surface area (Å²) in [5.41, 5.74) is 6.42. The van der Waals surface area contributed by atoms with Crippen LogP contribution in [0.15, 0.2) is 24.3 Å². The zero-order valence-corrected chi connectivity index (χ0v) is 14.5. The minimum absolute atomic E-state index is 0.00413. The summed E-state index contributed by atoms with van der Waals surface area (Å²) in [6, 6.07) is 7.47. The molecule has 1 heterocycles. The molecule has 2 rings (SSSR count). The summed E-state index contributed by atoms with van der Waals surface area (Å²) in [4.78, 5) is 25.0. The van der Waals surface area contributed by atoms with Crippen molar-refractivity contribution in [3.63, 3.8) is 0 Å². The average Bonchev–Trinajstić information content (AvgIpc) is 2.54. The lowest BCUT2D eigenvalue weighted by Crippen LogP contribution is -2.47. The van der Waals surface area contributed by atoms with E-state index in [1.165, 1.54) is 0 Å². The van der Waals surface area contributed by atoms with Crippen molar-refractivity contribution in [2.45, 2.75) is 39.2 Å². The third kappa shape index (κ3) is 5.44. The fourth-order valence-electron chi connectivity index (χ4n) is 2.91. The van der Waals surface area contributed by atoms with Crippen molar-refractivity contribution < 1.29 is 14.3 Å². The van der Waals surface area contributed by atoms with Crippen LogP contribution in [-0.2, 0) is 11.2 Å². The molecule has 0 spiro atoms. The van der Waals surface area contributed by atoms with Gasteiger partial charge in [0.05, 0.1) is 12.0 Å². The Morgan fingerprint density at radius 3 is 2.92 bits per heavy atom. The largest absolute Gasteiger partial charge is 0.491 e. The highest BCUT2D eigenvalue weighted by Gasteiger charge is 2.27. The fourth-order valence-corrected chi connectivity index (χ4v) is 2.91. The summed E-state index contributed by atoms with van der Waals surface area (Å²) in [7, 11) is 0. The number of carbonyl (C=O) groups excluding carboxylic acids is 2. The molecular weight excluding hydrogens is 306 g/mol. The van der Waals surface area contributed by atoms with Gasteiger partial charge in [-0.05, 0) is 50.8 Å². The van der Waals surface area contributed by atoms with Crippen LogP contribution < -0.4 is 15.8 Å². The Morgan fingerprint density at radius 2 is 2.21 bits per heavy atom. The highest BCUT2D eigenvalue weighted by atomic mass is 16.5. The van der Waals surface area contributed by atoms with Crippen LogP contribution in [0.25, 0.3) is 0 Å². The molecule has 1 fully saturated rings. The van der Waals surface area contributed by atoms with E-state index in [1.54, 1.807) is 4.90 Å². The first-order valence-corrected chi connectivity index (χ1v) is 8.53. The van der Waals surface area contributed by atoms with Gasteiger partial charge in [0.25, 0.3) is 0 Å². The molecule has 0 bridgehead atoms. The van der Waals surface area contributed by atoms with E-state index in [9.17, 15) is 9.59 Å². The minimum Gasteiger partial charge on any atom is -0.491 e. The Hall–Kier alpha value is -2.24. The first-order chi connectivity index (χ1) is 11.5. The SMILES string of the molecule is CC(C)Oc1cccc(CCNC(=O)C2CCCN(C(N)=O)C2)c1. The average molecular weight is 333 g/mol. The molecule has 24 heavy (non-hydrogen) atoms. The lowest BCUT2D eigenvalue weighted by atomic mass is 9.97. The van der Waals surface area contributed by atoms with Gasteiger partial charge in [0.2, 0.25) is 5.91 Å². The number of benzene rings is 1. The third-order valence-electron chi connectivity index (χ3n) is 4.09. The fraction of sp³-hybridized carbons (Fsp3) is 0.556. The monoisotopic (exact) mass is 333 g/mol. The van der Waals surface area contributed by atoms with Gasteiger partial charge >= 0.3 is 6.03 Å². The van der Waals surface area contributed by atoms with Crippen LogP contribution in [0, 0.1) is 5.92 Å². The lowest BCUT2D eigenvalue weighted by Gasteiger charge is -2.30. The zero-order chi connectivity index (χ0) is 17.5. The van der Waals surface area contributed by atoms with Crippen molar-refractivity contribution >= 4 is 11.9 Å². The molecule has 1 saturated heterocycles. The second-order valence-electron chi connectivity index (χ2n) is 6.48. The number of rotatable bonds is 6. The van der Waals surface area contributed by atoms with Crippen LogP contribution in [0.5, 0.6) is 5.75 Å².